The molecule has 0 fully saturated rings. The summed E-state index contributed by atoms with van der Waals surface area (Å²) in [5.41, 5.74) is 2.72. The van der Waals surface area contributed by atoms with Crippen LogP contribution in [-0.2, 0) is 13.6 Å². The van der Waals surface area contributed by atoms with Crippen LogP contribution in [0.4, 0.5) is 5.69 Å². The molecule has 3 aromatic rings. The summed E-state index contributed by atoms with van der Waals surface area (Å²) in [6.45, 7) is 9.52. The number of anilines is 1. The van der Waals surface area contributed by atoms with Crippen LogP contribution in [0.3, 0.4) is 0 Å². The van der Waals surface area contributed by atoms with Crippen LogP contribution < -0.4 is 9.42 Å². The van der Waals surface area contributed by atoms with Crippen molar-refractivity contribution < 1.29 is 18.1 Å². The van der Waals surface area contributed by atoms with Crippen LogP contribution in [-0.4, -0.2) is 31.3 Å². The van der Waals surface area contributed by atoms with Gasteiger partial charge in [-0.25, -0.2) is 9.55 Å². The lowest BCUT2D eigenvalue weighted by Gasteiger charge is -2.23. The first kappa shape index (κ1) is 24.9. The van der Waals surface area contributed by atoms with Gasteiger partial charge in [0.25, 0.3) is 0 Å². The van der Waals surface area contributed by atoms with Crippen molar-refractivity contribution in [2.75, 3.05) is 31.2 Å². The van der Waals surface area contributed by atoms with Gasteiger partial charge in [-0.2, -0.15) is 5.26 Å². The number of nitriles is 1. The van der Waals surface area contributed by atoms with Crippen molar-refractivity contribution in [1.29, 1.82) is 5.26 Å². The number of aromatic nitrogens is 1. The number of phosphoric ester groups is 1. The average Bonchev–Trinajstić information content (AvgIpc) is 3.23. The molecule has 0 aliphatic carbocycles. The molecule has 0 saturated heterocycles. The average molecular weight is 486 g/mol. The smallest absolute Gasteiger partial charge is 0.403 e. The van der Waals surface area contributed by atoms with Gasteiger partial charge in [-0.15, -0.1) is 11.3 Å². The predicted octanol–water partition coefficient (Wildman–Crippen LogP) is 6.77. The number of hydrogen-bond donors (Lipinski definition) is 0. The Morgan fingerprint density at radius 2 is 1.82 bits per heavy atom. The number of allylic oxidation sites excluding steroid dienone is 1. The monoisotopic (exact) mass is 485 g/mol. The second-order valence-electron chi connectivity index (χ2n) is 6.93. The van der Waals surface area contributed by atoms with Gasteiger partial charge < -0.3 is 9.42 Å². The lowest BCUT2D eigenvalue weighted by atomic mass is 10.1. The molecule has 3 rings (SSSR count). The van der Waals surface area contributed by atoms with E-state index in [-0.39, 0.29) is 13.2 Å². The summed E-state index contributed by atoms with van der Waals surface area (Å²) >= 11 is 1.44. The summed E-state index contributed by atoms with van der Waals surface area (Å²) in [4.78, 5) is 6.73. The number of fused-ring (bicyclic) bond motifs is 1. The van der Waals surface area contributed by atoms with E-state index in [2.05, 4.69) is 29.8 Å². The van der Waals surface area contributed by atoms with E-state index >= 15 is 0 Å². The summed E-state index contributed by atoms with van der Waals surface area (Å²) in [5, 5.41) is 10.5. The topological polar surface area (TPSA) is 84.7 Å². The molecule has 174 valence electrons. The highest BCUT2D eigenvalue weighted by Crippen LogP contribution is 2.51. The molecule has 33 heavy (non-hydrogen) atoms. The summed E-state index contributed by atoms with van der Waals surface area (Å²) in [6.07, 6.45) is 1.70. The van der Waals surface area contributed by atoms with E-state index in [1.54, 1.807) is 26.0 Å². The molecule has 0 N–H and O–H groups in total. The lowest BCUT2D eigenvalue weighted by molar-refractivity contribution is 0.167. The molecule has 1 aromatic heterocycles. The Morgan fingerprint density at radius 3 is 2.42 bits per heavy atom. The highest BCUT2D eigenvalue weighted by Gasteiger charge is 2.29. The quantitative estimate of drug-likeness (QED) is 0.219. The maximum Gasteiger partial charge on any atom is 0.530 e. The van der Waals surface area contributed by atoms with E-state index in [1.165, 1.54) is 11.3 Å². The van der Waals surface area contributed by atoms with Gasteiger partial charge in [-0.05, 0) is 58.0 Å². The number of nitrogens with zero attached hydrogens (tertiary/aromatic N) is 3. The number of para-hydroxylation sites is 1. The van der Waals surface area contributed by atoms with Crippen molar-refractivity contribution >= 4 is 46.7 Å². The highest BCUT2D eigenvalue weighted by atomic mass is 32.1. The van der Waals surface area contributed by atoms with Gasteiger partial charge in [0, 0.05) is 30.4 Å². The maximum absolute atomic E-state index is 13.1. The second-order valence-corrected chi connectivity index (χ2v) is 9.55. The van der Waals surface area contributed by atoms with Crippen molar-refractivity contribution in [2.45, 2.75) is 27.7 Å². The lowest BCUT2D eigenvalue weighted by Crippen LogP contribution is -2.21. The Morgan fingerprint density at radius 1 is 1.12 bits per heavy atom. The zero-order valence-corrected chi connectivity index (χ0v) is 21.0. The number of benzene rings is 2. The fraction of sp³-hybridized carbons (Fsp3) is 0.333. The summed E-state index contributed by atoms with van der Waals surface area (Å²) in [5.74, 6) is 0.318. The van der Waals surface area contributed by atoms with Crippen LogP contribution in [0.1, 0.15) is 38.3 Å². The molecular weight excluding hydrogens is 457 g/mol. The van der Waals surface area contributed by atoms with Crippen LogP contribution in [0.25, 0.3) is 21.9 Å². The predicted molar refractivity (Wildman–Crippen MR) is 135 cm³/mol. The van der Waals surface area contributed by atoms with Gasteiger partial charge in [0.2, 0.25) is 0 Å². The third-order valence-electron chi connectivity index (χ3n) is 4.85. The Bertz CT molecular complexity index is 1170. The van der Waals surface area contributed by atoms with Crippen molar-refractivity contribution in [3.63, 3.8) is 0 Å². The molecule has 0 atom stereocenters. The molecular formula is C24H28N3O4PS. The first-order valence-electron chi connectivity index (χ1n) is 10.9. The molecule has 0 spiro atoms. The van der Waals surface area contributed by atoms with E-state index in [9.17, 15) is 9.83 Å². The molecule has 0 unspecified atom stereocenters. The molecule has 7 nitrogen and oxygen atoms in total. The summed E-state index contributed by atoms with van der Waals surface area (Å²) in [6, 6.07) is 15.6. The molecule has 2 aromatic carbocycles. The molecule has 1 heterocycles. The minimum Gasteiger partial charge on any atom is -0.403 e. The van der Waals surface area contributed by atoms with Crippen molar-refractivity contribution in [2.24, 2.45) is 0 Å². The van der Waals surface area contributed by atoms with E-state index in [0.29, 0.717) is 21.9 Å². The standard InChI is InChI=1S/C24H28N3O4PS/c1-5-27(6-2)20-14-13-18(22(16-20)31-32(28,29-7-3)30-8-4)15-19(17-25)24-26-21-11-9-10-12-23(21)33-24/h9-16H,5-8H2,1-4H3/b19-15+. The first-order valence-corrected chi connectivity index (χ1v) is 13.2. The normalized spacial score (nSPS) is 12.0. The van der Waals surface area contributed by atoms with E-state index in [4.69, 9.17) is 13.6 Å². The minimum atomic E-state index is -3.83. The SMILES string of the molecule is CCOP(=O)(OCC)Oc1cc(N(CC)CC)ccc1/C=C(\C#N)c1nc2ccccc2s1. The Labute approximate surface area is 198 Å². The van der Waals surface area contributed by atoms with Gasteiger partial charge in [-0.3, -0.25) is 9.05 Å². The highest BCUT2D eigenvalue weighted by molar-refractivity contribution is 7.48. The van der Waals surface area contributed by atoms with Crippen molar-refractivity contribution in [3.05, 3.63) is 53.0 Å². The van der Waals surface area contributed by atoms with Crippen LogP contribution in [0.15, 0.2) is 42.5 Å². The fourth-order valence-electron chi connectivity index (χ4n) is 3.32. The molecule has 0 bridgehead atoms. The van der Waals surface area contributed by atoms with E-state index < -0.39 is 7.82 Å². The Kier molecular flexibility index (Phi) is 8.65. The zero-order chi connectivity index (χ0) is 23.8. The van der Waals surface area contributed by atoms with E-state index in [0.717, 1.165) is 29.0 Å². The molecule has 9 heteroatoms. The van der Waals surface area contributed by atoms with Crippen LogP contribution in [0.2, 0.25) is 0 Å². The van der Waals surface area contributed by atoms with Gasteiger partial charge in [0.05, 0.1) is 29.0 Å². The summed E-state index contributed by atoms with van der Waals surface area (Å²) in [7, 11) is -3.83. The second kappa shape index (κ2) is 11.4. The maximum atomic E-state index is 13.1. The van der Waals surface area contributed by atoms with Gasteiger partial charge in [0.1, 0.15) is 16.8 Å². The number of rotatable bonds is 11. The molecule has 0 saturated carbocycles. The first-order chi connectivity index (χ1) is 16.0. The van der Waals surface area contributed by atoms with E-state index in [1.807, 2.05) is 36.4 Å². The Hall–Kier alpha value is -2.69. The molecule has 0 aliphatic rings. The van der Waals surface area contributed by atoms with Gasteiger partial charge >= 0.3 is 7.82 Å². The zero-order valence-electron chi connectivity index (χ0n) is 19.3. The van der Waals surface area contributed by atoms with Gasteiger partial charge in [-0.1, -0.05) is 12.1 Å². The molecule has 0 amide bonds. The number of phosphoric acid groups is 1. The molecule has 0 aliphatic heterocycles. The van der Waals surface area contributed by atoms with Gasteiger partial charge in [0.15, 0.2) is 0 Å². The summed E-state index contributed by atoms with van der Waals surface area (Å²) < 4.78 is 30.6. The van der Waals surface area contributed by atoms with Crippen molar-refractivity contribution in [3.8, 4) is 11.8 Å². The minimum absolute atomic E-state index is 0.174. The van der Waals surface area contributed by atoms with Crippen LogP contribution in [0.5, 0.6) is 5.75 Å². The fourth-order valence-corrected chi connectivity index (χ4v) is 5.46. The third-order valence-corrected chi connectivity index (χ3v) is 7.49. The largest absolute Gasteiger partial charge is 0.530 e. The number of hydrogen-bond acceptors (Lipinski definition) is 8. The van der Waals surface area contributed by atoms with Crippen LogP contribution >= 0.6 is 19.2 Å². The van der Waals surface area contributed by atoms with Crippen LogP contribution in [0, 0.1) is 11.3 Å². The van der Waals surface area contributed by atoms with Crippen molar-refractivity contribution in [1.82, 2.24) is 4.98 Å². The third kappa shape index (κ3) is 6.01. The number of thiazole rings is 1. The Balaban J connectivity index is 2.10. The molecule has 0 radical (unpaired) electrons.